The molecule has 1 aliphatic heterocycles. The minimum atomic E-state index is -0.979. The van der Waals surface area contributed by atoms with Crippen molar-refractivity contribution in [3.8, 4) is 0 Å². The fourth-order valence-corrected chi connectivity index (χ4v) is 3.04. The summed E-state index contributed by atoms with van der Waals surface area (Å²) >= 11 is 0. The molecule has 114 valence electrons. The molecule has 1 fully saturated rings. The maximum absolute atomic E-state index is 11.8. The van der Waals surface area contributed by atoms with Crippen LogP contribution in [0.5, 0.6) is 0 Å². The van der Waals surface area contributed by atoms with E-state index in [-0.39, 0.29) is 12.8 Å². The predicted octanol–water partition coefficient (Wildman–Crippen LogP) is 0.178. The molecule has 0 aromatic carbocycles. The molecular formula is C12H20N2O5S. The lowest BCUT2D eigenvalue weighted by Crippen LogP contribution is -2.49. The summed E-state index contributed by atoms with van der Waals surface area (Å²) in [5.41, 5.74) is -0.709. The summed E-state index contributed by atoms with van der Waals surface area (Å²) < 4.78 is 11.2. The molecule has 0 saturated carbocycles. The molecule has 1 rings (SSSR count). The van der Waals surface area contributed by atoms with Gasteiger partial charge in [0.1, 0.15) is 0 Å². The number of hydrogen-bond acceptors (Lipinski definition) is 4. The van der Waals surface area contributed by atoms with E-state index in [1.165, 1.54) is 4.90 Å². The van der Waals surface area contributed by atoms with Crippen LogP contribution in [0.2, 0.25) is 0 Å². The van der Waals surface area contributed by atoms with Gasteiger partial charge in [-0.25, -0.2) is 4.79 Å². The first-order valence-electron chi connectivity index (χ1n) is 6.35. The van der Waals surface area contributed by atoms with Crippen molar-refractivity contribution < 1.29 is 23.7 Å². The largest absolute Gasteiger partial charge is 0.481 e. The van der Waals surface area contributed by atoms with Crippen LogP contribution in [-0.2, 0) is 20.4 Å². The van der Waals surface area contributed by atoms with Gasteiger partial charge in [0, 0.05) is 41.8 Å². The molecule has 0 radical (unpaired) electrons. The van der Waals surface area contributed by atoms with Gasteiger partial charge in [0.05, 0.1) is 6.42 Å². The van der Waals surface area contributed by atoms with Gasteiger partial charge in [0.25, 0.3) is 0 Å². The van der Waals surface area contributed by atoms with Crippen LogP contribution in [0.4, 0.5) is 4.79 Å². The van der Waals surface area contributed by atoms with Crippen LogP contribution in [-0.4, -0.2) is 56.7 Å². The van der Waals surface area contributed by atoms with E-state index in [0.29, 0.717) is 24.6 Å². The number of urea groups is 1. The Balaban J connectivity index is 2.43. The maximum Gasteiger partial charge on any atom is 0.324 e. The van der Waals surface area contributed by atoms with Crippen LogP contribution in [0, 0.1) is 5.41 Å². The molecule has 0 bridgehead atoms. The first kappa shape index (κ1) is 16.6. The molecule has 7 nitrogen and oxygen atoms in total. The van der Waals surface area contributed by atoms with Gasteiger partial charge in [-0.15, -0.1) is 0 Å². The van der Waals surface area contributed by atoms with Crippen LogP contribution in [0.15, 0.2) is 0 Å². The highest BCUT2D eigenvalue weighted by molar-refractivity contribution is 7.85. The number of carboxylic acids is 1. The summed E-state index contributed by atoms with van der Waals surface area (Å²) in [7, 11) is -0.885. The Bertz CT molecular complexity index is 426. The van der Waals surface area contributed by atoms with Crippen LogP contribution in [0.1, 0.15) is 26.7 Å². The lowest BCUT2D eigenvalue weighted by molar-refractivity contribution is -0.139. The Kier molecular flexibility index (Phi) is 5.67. The molecule has 0 atom stereocenters. The molecule has 3 amide bonds. The monoisotopic (exact) mass is 304 g/mol. The fraction of sp³-hybridized carbons (Fsp3) is 0.750. The Morgan fingerprint density at radius 1 is 1.20 bits per heavy atom. The van der Waals surface area contributed by atoms with Gasteiger partial charge in [0.15, 0.2) is 0 Å². The molecular weight excluding hydrogens is 284 g/mol. The molecule has 0 aromatic heterocycles. The zero-order chi connectivity index (χ0) is 15.3. The number of amides is 3. The smallest absolute Gasteiger partial charge is 0.324 e. The van der Waals surface area contributed by atoms with Crippen molar-refractivity contribution in [2.45, 2.75) is 26.7 Å². The van der Waals surface area contributed by atoms with Gasteiger partial charge >= 0.3 is 12.0 Å². The average molecular weight is 304 g/mol. The number of carbonyl (C=O) groups is 3. The van der Waals surface area contributed by atoms with E-state index in [0.717, 1.165) is 0 Å². The van der Waals surface area contributed by atoms with Gasteiger partial charge in [-0.05, 0) is 5.41 Å². The van der Waals surface area contributed by atoms with Crippen LogP contribution in [0.3, 0.4) is 0 Å². The third kappa shape index (κ3) is 5.68. The van der Waals surface area contributed by atoms with Crippen molar-refractivity contribution >= 4 is 28.7 Å². The summed E-state index contributed by atoms with van der Waals surface area (Å²) in [6.45, 7) is 4.05. The van der Waals surface area contributed by atoms with Crippen LogP contribution in [0.25, 0.3) is 0 Å². The number of carboxylic acid groups (broad SMARTS) is 1. The zero-order valence-corrected chi connectivity index (χ0v) is 12.5. The molecule has 1 heterocycles. The van der Waals surface area contributed by atoms with Gasteiger partial charge in [-0.2, -0.15) is 0 Å². The number of nitrogens with zero attached hydrogens (tertiary/aromatic N) is 1. The number of carbonyl (C=O) groups excluding carboxylic acids is 2. The van der Waals surface area contributed by atoms with E-state index in [1.54, 1.807) is 13.8 Å². The zero-order valence-electron chi connectivity index (χ0n) is 11.7. The van der Waals surface area contributed by atoms with Crippen molar-refractivity contribution in [3.63, 3.8) is 0 Å². The average Bonchev–Trinajstić information content (AvgIpc) is 2.26. The lowest BCUT2D eigenvalue weighted by Gasteiger charge is -2.27. The highest BCUT2D eigenvalue weighted by Crippen LogP contribution is 2.24. The molecule has 1 aliphatic rings. The standard InChI is InChI=1S/C12H20N2O5S/c1-12(2,8-10(16)17)7-9(15)13-11(18)14-3-5-20(19)6-4-14/h3-8H2,1-2H3,(H,16,17)(H,13,15,18). The number of hydrogen-bond donors (Lipinski definition) is 2. The molecule has 20 heavy (non-hydrogen) atoms. The molecule has 2 N–H and O–H groups in total. The number of imide groups is 1. The van der Waals surface area contributed by atoms with Crippen molar-refractivity contribution in [1.82, 2.24) is 10.2 Å². The second-order valence-corrected chi connectivity index (χ2v) is 7.30. The van der Waals surface area contributed by atoms with Crippen molar-refractivity contribution in [2.75, 3.05) is 24.6 Å². The number of aliphatic carboxylic acids is 1. The summed E-state index contributed by atoms with van der Waals surface area (Å²) in [5.74, 6) is -0.626. The number of nitrogens with one attached hydrogen (secondary N) is 1. The second-order valence-electron chi connectivity index (χ2n) is 5.60. The Morgan fingerprint density at radius 2 is 1.75 bits per heavy atom. The third-order valence-electron chi connectivity index (χ3n) is 2.98. The topological polar surface area (TPSA) is 104 Å². The van der Waals surface area contributed by atoms with Crippen molar-refractivity contribution in [2.24, 2.45) is 5.41 Å². The van der Waals surface area contributed by atoms with Gasteiger partial charge in [0.2, 0.25) is 5.91 Å². The van der Waals surface area contributed by atoms with Gasteiger partial charge in [-0.3, -0.25) is 19.1 Å². The molecule has 0 aromatic rings. The summed E-state index contributed by atoms with van der Waals surface area (Å²) in [5, 5.41) is 11.0. The van der Waals surface area contributed by atoms with Crippen LogP contribution < -0.4 is 5.32 Å². The Hall–Kier alpha value is -1.44. The summed E-state index contributed by atoms with van der Waals surface area (Å²) in [6.07, 6.45) is -0.178. The van der Waals surface area contributed by atoms with E-state index < -0.39 is 34.1 Å². The summed E-state index contributed by atoms with van der Waals surface area (Å²) in [4.78, 5) is 35.7. The van der Waals surface area contributed by atoms with Gasteiger partial charge in [-0.1, -0.05) is 13.8 Å². The fourth-order valence-electron chi connectivity index (χ4n) is 1.99. The summed E-state index contributed by atoms with van der Waals surface area (Å²) in [6, 6.07) is -0.502. The second kappa shape index (κ2) is 6.83. The molecule has 8 heteroatoms. The Morgan fingerprint density at radius 3 is 2.25 bits per heavy atom. The van der Waals surface area contributed by atoms with Crippen LogP contribution >= 0.6 is 0 Å². The molecule has 0 aliphatic carbocycles. The highest BCUT2D eigenvalue weighted by Gasteiger charge is 2.27. The number of rotatable bonds is 4. The van der Waals surface area contributed by atoms with E-state index in [2.05, 4.69) is 5.32 Å². The van der Waals surface area contributed by atoms with Crippen molar-refractivity contribution in [1.29, 1.82) is 0 Å². The third-order valence-corrected chi connectivity index (χ3v) is 4.26. The highest BCUT2D eigenvalue weighted by atomic mass is 32.2. The van der Waals surface area contributed by atoms with E-state index >= 15 is 0 Å². The minimum absolute atomic E-state index is 0.0369. The minimum Gasteiger partial charge on any atom is -0.481 e. The molecule has 0 unspecified atom stereocenters. The predicted molar refractivity (Wildman–Crippen MR) is 73.6 cm³/mol. The Labute approximate surface area is 120 Å². The van der Waals surface area contributed by atoms with Gasteiger partial charge < -0.3 is 10.0 Å². The normalized spacial score (nSPS) is 16.8. The van der Waals surface area contributed by atoms with E-state index in [1.807, 2.05) is 0 Å². The van der Waals surface area contributed by atoms with E-state index in [9.17, 15) is 18.6 Å². The van der Waals surface area contributed by atoms with E-state index in [4.69, 9.17) is 5.11 Å². The first-order chi connectivity index (χ1) is 9.19. The lowest BCUT2D eigenvalue weighted by atomic mass is 9.85. The quantitative estimate of drug-likeness (QED) is 0.771. The van der Waals surface area contributed by atoms with Crippen molar-refractivity contribution in [3.05, 3.63) is 0 Å². The first-order valence-corrected chi connectivity index (χ1v) is 7.84. The molecule has 0 spiro atoms. The maximum atomic E-state index is 11.8. The molecule has 1 saturated heterocycles. The SMILES string of the molecule is CC(C)(CC(=O)O)CC(=O)NC(=O)N1CCS(=O)CC1.